The molecule has 1 rings (SSSR count). The van der Waals surface area contributed by atoms with Crippen LogP contribution in [0.25, 0.3) is 0 Å². The smallest absolute Gasteiger partial charge is 0.345 e. The Kier molecular flexibility index (Phi) is 4.67. The summed E-state index contributed by atoms with van der Waals surface area (Å²) in [5, 5.41) is 11.8. The minimum absolute atomic E-state index is 0.0736. The van der Waals surface area contributed by atoms with Gasteiger partial charge in [-0.1, -0.05) is 0 Å². The molecule has 0 fully saturated rings. The summed E-state index contributed by atoms with van der Waals surface area (Å²) in [6.07, 6.45) is 1.19. The maximum Gasteiger partial charge on any atom is 0.345 e. The lowest BCUT2D eigenvalue weighted by Crippen LogP contribution is -2.31. The van der Waals surface area contributed by atoms with Gasteiger partial charge in [0.25, 0.3) is 0 Å². The Morgan fingerprint density at radius 1 is 1.53 bits per heavy atom. The van der Waals surface area contributed by atoms with Gasteiger partial charge in [-0.15, -0.1) is 11.3 Å². The van der Waals surface area contributed by atoms with E-state index in [4.69, 9.17) is 5.11 Å². The van der Waals surface area contributed by atoms with E-state index in [0.717, 1.165) is 4.88 Å². The lowest BCUT2D eigenvalue weighted by atomic mass is 10.3. The predicted molar refractivity (Wildman–Crippen MR) is 67.3 cm³/mol. The van der Waals surface area contributed by atoms with Gasteiger partial charge in [-0.2, -0.15) is 0 Å². The Labute approximate surface area is 104 Å². The summed E-state index contributed by atoms with van der Waals surface area (Å²) in [5.74, 6) is -0.866. The minimum atomic E-state index is -2.99. The van der Waals surface area contributed by atoms with Crippen molar-refractivity contribution in [2.24, 2.45) is 0 Å². The Hall–Kier alpha value is -0.920. The lowest BCUT2D eigenvalue weighted by Gasteiger charge is -2.11. The zero-order valence-corrected chi connectivity index (χ0v) is 11.3. The third kappa shape index (κ3) is 5.29. The van der Waals surface area contributed by atoms with Crippen molar-refractivity contribution in [1.82, 2.24) is 5.32 Å². The van der Waals surface area contributed by atoms with Crippen LogP contribution in [0.3, 0.4) is 0 Å². The fourth-order valence-electron chi connectivity index (χ4n) is 1.38. The van der Waals surface area contributed by atoms with Crippen LogP contribution in [0.4, 0.5) is 0 Å². The average Bonchev–Trinajstić information content (AvgIpc) is 2.60. The molecule has 0 amide bonds. The van der Waals surface area contributed by atoms with E-state index in [2.05, 4.69) is 5.32 Å². The molecule has 1 unspecified atom stereocenters. The molecule has 1 atom stereocenters. The number of carboxylic acids is 1. The molecule has 0 saturated heterocycles. The van der Waals surface area contributed by atoms with Gasteiger partial charge in [0.2, 0.25) is 0 Å². The van der Waals surface area contributed by atoms with Crippen molar-refractivity contribution < 1.29 is 18.3 Å². The van der Waals surface area contributed by atoms with Crippen LogP contribution < -0.4 is 5.32 Å². The van der Waals surface area contributed by atoms with Crippen molar-refractivity contribution in [3.8, 4) is 0 Å². The highest BCUT2D eigenvalue weighted by Crippen LogP contribution is 2.16. The summed E-state index contributed by atoms with van der Waals surface area (Å²) in [5.41, 5.74) is 0. The first-order chi connectivity index (χ1) is 7.78. The molecule has 1 aromatic rings. The van der Waals surface area contributed by atoms with Gasteiger partial charge in [0, 0.05) is 23.7 Å². The standard InChI is InChI=1S/C10H15NO4S2/c1-7(6-17(2,14)15)11-5-8-3-4-9(16-8)10(12)13/h3-4,7,11H,5-6H2,1-2H3,(H,12,13). The molecule has 96 valence electrons. The Morgan fingerprint density at radius 3 is 2.65 bits per heavy atom. The number of thiophene rings is 1. The number of aromatic carboxylic acids is 1. The van der Waals surface area contributed by atoms with Gasteiger partial charge < -0.3 is 10.4 Å². The molecule has 0 spiro atoms. The van der Waals surface area contributed by atoms with Gasteiger partial charge in [-0.3, -0.25) is 0 Å². The van der Waals surface area contributed by atoms with Gasteiger partial charge in [0.1, 0.15) is 14.7 Å². The summed E-state index contributed by atoms with van der Waals surface area (Å²) in [6, 6.07) is 3.12. The first-order valence-corrected chi connectivity index (χ1v) is 7.89. The van der Waals surface area contributed by atoms with Gasteiger partial charge in [-0.25, -0.2) is 13.2 Å². The average molecular weight is 277 g/mol. The van der Waals surface area contributed by atoms with Crippen LogP contribution in [0, 0.1) is 0 Å². The highest BCUT2D eigenvalue weighted by molar-refractivity contribution is 7.90. The largest absolute Gasteiger partial charge is 0.477 e. The Morgan fingerprint density at radius 2 is 2.18 bits per heavy atom. The molecular weight excluding hydrogens is 262 g/mol. The molecule has 2 N–H and O–H groups in total. The number of carbonyl (C=O) groups is 1. The van der Waals surface area contributed by atoms with E-state index in [1.807, 2.05) is 0 Å². The topological polar surface area (TPSA) is 83.5 Å². The van der Waals surface area contributed by atoms with Crippen LogP contribution in [0.1, 0.15) is 21.5 Å². The van der Waals surface area contributed by atoms with E-state index in [1.54, 1.807) is 19.1 Å². The van der Waals surface area contributed by atoms with E-state index in [-0.39, 0.29) is 16.7 Å². The molecule has 0 saturated carbocycles. The maximum absolute atomic E-state index is 11.0. The molecule has 0 aromatic carbocycles. The second kappa shape index (κ2) is 5.61. The number of hydrogen-bond acceptors (Lipinski definition) is 5. The van der Waals surface area contributed by atoms with Crippen LogP contribution in [-0.4, -0.2) is 37.5 Å². The maximum atomic E-state index is 11.0. The zero-order valence-electron chi connectivity index (χ0n) is 9.63. The molecule has 1 aromatic heterocycles. The van der Waals surface area contributed by atoms with Crippen molar-refractivity contribution in [3.05, 3.63) is 21.9 Å². The molecule has 5 nitrogen and oxygen atoms in total. The van der Waals surface area contributed by atoms with Gasteiger partial charge in [0.05, 0.1) is 5.75 Å². The highest BCUT2D eigenvalue weighted by atomic mass is 32.2. The predicted octanol–water partition coefficient (Wildman–Crippen LogP) is 0.969. The van der Waals surface area contributed by atoms with E-state index < -0.39 is 15.8 Å². The first kappa shape index (κ1) is 14.1. The van der Waals surface area contributed by atoms with Crippen molar-refractivity contribution in [2.45, 2.75) is 19.5 Å². The van der Waals surface area contributed by atoms with Gasteiger partial charge >= 0.3 is 5.97 Å². The fourth-order valence-corrected chi connectivity index (χ4v) is 3.20. The second-order valence-electron chi connectivity index (χ2n) is 3.95. The molecule has 0 radical (unpaired) electrons. The molecule has 1 heterocycles. The van der Waals surface area contributed by atoms with Crippen LogP contribution in [0.15, 0.2) is 12.1 Å². The van der Waals surface area contributed by atoms with E-state index in [9.17, 15) is 13.2 Å². The quantitative estimate of drug-likeness (QED) is 0.809. The number of sulfone groups is 1. The number of carboxylic acid groups (broad SMARTS) is 1. The third-order valence-corrected chi connectivity index (χ3v) is 4.23. The Balaban J connectivity index is 2.47. The van der Waals surface area contributed by atoms with Crippen LogP contribution in [-0.2, 0) is 16.4 Å². The summed E-state index contributed by atoms with van der Waals surface area (Å²) < 4.78 is 22.1. The SMILES string of the molecule is CC(CS(C)(=O)=O)NCc1ccc(C(=O)O)s1. The highest BCUT2D eigenvalue weighted by Gasteiger charge is 2.11. The minimum Gasteiger partial charge on any atom is -0.477 e. The number of rotatable bonds is 6. The zero-order chi connectivity index (χ0) is 13.1. The van der Waals surface area contributed by atoms with E-state index in [1.165, 1.54) is 17.6 Å². The summed E-state index contributed by atoms with van der Waals surface area (Å²) in [6.45, 7) is 2.27. The van der Waals surface area contributed by atoms with Gasteiger partial charge in [-0.05, 0) is 19.1 Å². The van der Waals surface area contributed by atoms with Crippen molar-refractivity contribution in [3.63, 3.8) is 0 Å². The fraction of sp³-hybridized carbons (Fsp3) is 0.500. The number of hydrogen-bond donors (Lipinski definition) is 2. The molecule has 17 heavy (non-hydrogen) atoms. The number of nitrogens with one attached hydrogen (secondary N) is 1. The summed E-state index contributed by atoms with van der Waals surface area (Å²) in [4.78, 5) is 11.8. The van der Waals surface area contributed by atoms with Crippen LogP contribution >= 0.6 is 11.3 Å². The second-order valence-corrected chi connectivity index (χ2v) is 7.30. The molecule has 0 aliphatic rings. The molecular formula is C10H15NO4S2. The van der Waals surface area contributed by atoms with Crippen LogP contribution in [0.2, 0.25) is 0 Å². The normalized spacial score (nSPS) is 13.5. The molecule has 0 aliphatic heterocycles. The first-order valence-electron chi connectivity index (χ1n) is 5.01. The Bertz CT molecular complexity index is 492. The lowest BCUT2D eigenvalue weighted by molar-refractivity contribution is 0.0702. The molecule has 0 aliphatic carbocycles. The van der Waals surface area contributed by atoms with Crippen molar-refractivity contribution in [2.75, 3.05) is 12.0 Å². The van der Waals surface area contributed by atoms with Crippen molar-refractivity contribution in [1.29, 1.82) is 0 Å². The monoisotopic (exact) mass is 277 g/mol. The molecule has 7 heteroatoms. The molecule has 0 bridgehead atoms. The summed E-state index contributed by atoms with van der Waals surface area (Å²) in [7, 11) is -2.99. The van der Waals surface area contributed by atoms with Crippen LogP contribution in [0.5, 0.6) is 0 Å². The third-order valence-electron chi connectivity index (χ3n) is 2.05. The van der Waals surface area contributed by atoms with E-state index >= 15 is 0 Å². The van der Waals surface area contributed by atoms with Gasteiger partial charge in [0.15, 0.2) is 0 Å². The van der Waals surface area contributed by atoms with E-state index in [0.29, 0.717) is 6.54 Å². The summed E-state index contributed by atoms with van der Waals surface area (Å²) >= 11 is 1.19. The van der Waals surface area contributed by atoms with Crippen molar-refractivity contribution >= 4 is 27.1 Å².